The van der Waals surface area contributed by atoms with Crippen LogP contribution in [0.2, 0.25) is 0 Å². The molecule has 0 unspecified atom stereocenters. The van der Waals surface area contributed by atoms with Crippen LogP contribution in [-0.4, -0.2) is 4.57 Å². The van der Waals surface area contributed by atoms with Crippen molar-refractivity contribution in [3.63, 3.8) is 0 Å². The van der Waals surface area contributed by atoms with Gasteiger partial charge in [0.1, 0.15) is 0 Å². The number of benzene rings is 26. The third kappa shape index (κ3) is 13.8. The molecule has 0 fully saturated rings. The van der Waals surface area contributed by atoms with Crippen molar-refractivity contribution in [3.05, 3.63) is 525 Å². The largest absolute Gasteiger partial charge is 0.309 e. The molecule has 1 aliphatic carbocycles. The Kier molecular flexibility index (Phi) is 19.9. The zero-order chi connectivity index (χ0) is 90.5. The zero-order valence-corrected chi connectivity index (χ0v) is 76.5. The minimum atomic E-state index is 1.03. The second kappa shape index (κ2) is 33.8. The molecular weight excluding hydrogens is 1720 g/mol. The first-order valence-corrected chi connectivity index (χ1v) is 48.0. The summed E-state index contributed by atoms with van der Waals surface area (Å²) in [7, 11) is 0. The van der Waals surface area contributed by atoms with Gasteiger partial charge in [0.25, 0.3) is 0 Å². The van der Waals surface area contributed by atoms with E-state index in [1.165, 1.54) is 229 Å². The lowest BCUT2D eigenvalue weighted by Gasteiger charge is -2.29. The van der Waals surface area contributed by atoms with Crippen molar-refractivity contribution in [2.24, 2.45) is 0 Å². The fourth-order valence-electron chi connectivity index (χ4n) is 22.4. The molecule has 0 spiro atoms. The lowest BCUT2D eigenvalue weighted by atomic mass is 9.85. The van der Waals surface area contributed by atoms with Crippen molar-refractivity contribution in [2.75, 3.05) is 9.80 Å². The summed E-state index contributed by atoms with van der Waals surface area (Å²) in [6.07, 6.45) is 1.03. The first-order valence-electron chi connectivity index (χ1n) is 47.2. The molecule has 1 aromatic heterocycles. The molecule has 0 aliphatic heterocycles. The summed E-state index contributed by atoms with van der Waals surface area (Å²) in [5.41, 5.74) is 26.1. The predicted octanol–water partition coefficient (Wildman–Crippen LogP) is 37.9. The molecule has 640 valence electrons. The van der Waals surface area contributed by atoms with E-state index in [-0.39, 0.29) is 0 Å². The summed E-state index contributed by atoms with van der Waals surface area (Å²) in [6.45, 7) is 0. The van der Waals surface area contributed by atoms with Crippen molar-refractivity contribution >= 4 is 201 Å². The van der Waals surface area contributed by atoms with Gasteiger partial charge in [-0.25, -0.2) is 0 Å². The molecule has 0 bridgehead atoms. The summed E-state index contributed by atoms with van der Waals surface area (Å²) in [6, 6.07) is 186. The molecule has 0 saturated carbocycles. The fourth-order valence-corrected chi connectivity index (χ4v) is 22.7. The van der Waals surface area contributed by atoms with E-state index in [0.29, 0.717) is 0 Å². The average Bonchev–Trinajstić information content (AvgIpc) is 1.31. The number of anilines is 6. The van der Waals surface area contributed by atoms with Crippen molar-refractivity contribution in [3.8, 4) is 61.3 Å². The Morgan fingerprint density at radius 2 is 0.453 bits per heavy atom. The molecule has 0 amide bonds. The molecule has 0 atom stereocenters. The second-order valence-electron chi connectivity index (χ2n) is 36.0. The van der Waals surface area contributed by atoms with Crippen LogP contribution in [0.4, 0.5) is 34.1 Å². The number of para-hydroxylation sites is 1. The molecule has 0 N–H and O–H groups in total. The van der Waals surface area contributed by atoms with Gasteiger partial charge in [-0.1, -0.05) is 428 Å². The minimum Gasteiger partial charge on any atom is -0.309 e. The smallest absolute Gasteiger partial charge is 0.0546 e. The number of rotatable bonds is 11. The second-order valence-corrected chi connectivity index (χ2v) is 36.9. The van der Waals surface area contributed by atoms with Gasteiger partial charge >= 0.3 is 0 Å². The number of aromatic nitrogens is 1. The van der Waals surface area contributed by atoms with Gasteiger partial charge in [0.05, 0.1) is 33.8 Å². The molecule has 1 aliphatic rings. The van der Waals surface area contributed by atoms with Crippen LogP contribution in [0.5, 0.6) is 0 Å². The summed E-state index contributed by atoms with van der Waals surface area (Å²) in [4.78, 5) is 4.92. The molecule has 0 saturated heterocycles. The third-order valence-electron chi connectivity index (χ3n) is 28.4. The third-order valence-corrected chi connectivity index (χ3v) is 29.0. The minimum absolute atomic E-state index is 1.03. The van der Waals surface area contributed by atoms with Crippen LogP contribution in [0.15, 0.2) is 514 Å². The quantitative estimate of drug-likeness (QED) is 0.0944. The summed E-state index contributed by atoms with van der Waals surface area (Å²) in [5.74, 6) is 0. The summed E-state index contributed by atoms with van der Waals surface area (Å²) < 4.78 is 3.51. The van der Waals surface area contributed by atoms with Gasteiger partial charge in [0.15, 0.2) is 0 Å². The van der Waals surface area contributed by atoms with Crippen molar-refractivity contribution in [1.82, 2.24) is 4.57 Å². The first kappa shape index (κ1) is 80.6. The van der Waals surface area contributed by atoms with Crippen molar-refractivity contribution < 1.29 is 0 Å². The highest BCUT2D eigenvalue weighted by molar-refractivity contribution is 9.10. The van der Waals surface area contributed by atoms with Crippen LogP contribution in [0, 0.1) is 0 Å². The SMILES string of the molecule is Brc1ccc(N(c2cc3ccccc3c3ccccc23)c2cc3ccccc3c3ccccc23)cc1.c1ccc(-c2c3ccccc3c(-c3ccc4c(c3)-c3ccccc3C4)c3ccccc23)cc1.c1ccc(-c2c3ccccc3c(-c3ccc4c(c3)c3ccccc3n4-c3ccc(N(c4cc5ccccc5c5ccccc45)c4cc5ccccc5c5ccccc45)cc3)c3ccccc23)cc1. The number of halogens is 1. The van der Waals surface area contributed by atoms with Crippen LogP contribution in [-0.2, 0) is 6.42 Å². The van der Waals surface area contributed by atoms with Gasteiger partial charge < -0.3 is 14.4 Å². The Morgan fingerprint density at radius 1 is 0.175 bits per heavy atom. The van der Waals surface area contributed by atoms with E-state index in [1.54, 1.807) is 0 Å². The molecule has 3 nitrogen and oxygen atoms in total. The molecule has 28 rings (SSSR count). The van der Waals surface area contributed by atoms with Gasteiger partial charge in [0, 0.05) is 53.9 Å². The Hall–Kier alpha value is -17.3. The van der Waals surface area contributed by atoms with E-state index in [9.17, 15) is 0 Å². The van der Waals surface area contributed by atoms with Gasteiger partial charge in [-0.3, -0.25) is 0 Å². The Labute approximate surface area is 802 Å². The topological polar surface area (TPSA) is 11.4 Å². The van der Waals surface area contributed by atoms with Crippen LogP contribution >= 0.6 is 15.9 Å². The van der Waals surface area contributed by atoms with Gasteiger partial charge in [-0.15, -0.1) is 0 Å². The molecule has 1 heterocycles. The lowest BCUT2D eigenvalue weighted by Crippen LogP contribution is -2.11. The van der Waals surface area contributed by atoms with Crippen molar-refractivity contribution in [2.45, 2.75) is 6.42 Å². The van der Waals surface area contributed by atoms with Gasteiger partial charge in [0.2, 0.25) is 0 Å². The highest BCUT2D eigenvalue weighted by atomic mass is 79.9. The standard InChI is InChI=1S/C66H42N2.C34H22BrN.C33H22/c1-2-18-43(19-3-1)65-56-29-12-14-31-58(56)66(59-32-15-13-30-57(59)65)46-34-39-62-60(40-46)55-28-16-17-33-61(55)67(62)47-35-37-48(38-36-47)68(63-41-44-20-4-6-22-49(44)51-24-8-10-26-53(51)63)64-42-45-21-5-7-23-50(45)52-25-9-11-27-54(52)64;35-25-17-19-26(20-18-25)36(33-21-23-9-1-3-11-27(23)29-13-5-7-15-31(29)33)34-22-24-10-2-4-12-28(24)30-14-6-8-16-32(30)34;1-2-10-22(11-3-1)32-27-14-6-8-16-29(27)33(30-17-9-7-15-28(30)32)25-19-18-24-20-23-12-4-5-13-26(23)31(24)21-25/h1-42H;1-22H;1-19,21H,20H2. The number of fused-ring (bicyclic) bond motifs is 22. The van der Waals surface area contributed by atoms with E-state index in [0.717, 1.165) is 39.3 Å². The van der Waals surface area contributed by atoms with Gasteiger partial charge in [-0.05, 0) is 278 Å². The van der Waals surface area contributed by atoms with E-state index >= 15 is 0 Å². The van der Waals surface area contributed by atoms with E-state index in [2.05, 4.69) is 540 Å². The molecule has 0 radical (unpaired) electrons. The monoisotopic (exact) mass is 1800 g/mol. The van der Waals surface area contributed by atoms with Crippen LogP contribution in [0.25, 0.3) is 212 Å². The van der Waals surface area contributed by atoms with Crippen molar-refractivity contribution in [1.29, 1.82) is 0 Å². The Bertz CT molecular complexity index is 9180. The number of hydrogen-bond donors (Lipinski definition) is 0. The maximum atomic E-state index is 3.63. The Morgan fingerprint density at radius 3 is 0.839 bits per heavy atom. The normalized spacial score (nSPS) is 11.8. The number of nitrogens with zero attached hydrogens (tertiary/aromatic N) is 3. The highest BCUT2D eigenvalue weighted by Gasteiger charge is 2.28. The summed E-state index contributed by atoms with van der Waals surface area (Å²) >= 11 is 3.63. The molecule has 27 aromatic rings. The maximum absolute atomic E-state index is 3.63. The Balaban J connectivity index is 0.000000118. The van der Waals surface area contributed by atoms with Gasteiger partial charge in [-0.2, -0.15) is 0 Å². The molecule has 137 heavy (non-hydrogen) atoms. The zero-order valence-electron chi connectivity index (χ0n) is 74.9. The van der Waals surface area contributed by atoms with Crippen LogP contribution in [0.3, 0.4) is 0 Å². The maximum Gasteiger partial charge on any atom is 0.0546 e. The van der Waals surface area contributed by atoms with E-state index in [1.807, 2.05) is 0 Å². The fraction of sp³-hybridized carbons (Fsp3) is 0.00752. The van der Waals surface area contributed by atoms with Crippen LogP contribution < -0.4 is 9.80 Å². The highest BCUT2D eigenvalue weighted by Crippen LogP contribution is 2.53. The molecular formula is C133H86BrN3. The first-order chi connectivity index (χ1) is 67.9. The average molecular weight is 1810 g/mol. The predicted molar refractivity (Wildman–Crippen MR) is 591 cm³/mol. The molecule has 26 aromatic carbocycles. The molecule has 4 heteroatoms. The lowest BCUT2D eigenvalue weighted by molar-refractivity contribution is 1.17. The number of hydrogen-bond acceptors (Lipinski definition) is 2. The van der Waals surface area contributed by atoms with E-state index < -0.39 is 0 Å². The summed E-state index contributed by atoms with van der Waals surface area (Å²) in [5, 5.41) is 32.6. The van der Waals surface area contributed by atoms with Crippen LogP contribution in [0.1, 0.15) is 11.1 Å². The van der Waals surface area contributed by atoms with E-state index in [4.69, 9.17) is 0 Å².